The number of anilines is 1. The van der Waals surface area contributed by atoms with Crippen LogP contribution in [0.3, 0.4) is 0 Å². The number of hydrogen-bond acceptors (Lipinski definition) is 2. The molecule has 0 saturated heterocycles. The van der Waals surface area contributed by atoms with Gasteiger partial charge in [-0.1, -0.05) is 41.9 Å². The number of nitrogens with one attached hydrogen (secondary N) is 1. The molecule has 0 aliphatic rings. The molecular formula is C14H11ClINO2. The van der Waals surface area contributed by atoms with Crippen molar-refractivity contribution in [1.82, 2.24) is 0 Å². The van der Waals surface area contributed by atoms with Crippen LogP contribution in [0.25, 0.3) is 0 Å². The van der Waals surface area contributed by atoms with Crippen molar-refractivity contribution in [2.24, 2.45) is 0 Å². The molecule has 3 nitrogen and oxygen atoms in total. The maximum atomic E-state index is 11.7. The predicted octanol–water partition coefficient (Wildman–Crippen LogP) is 4.69. The minimum absolute atomic E-state index is 0.247. The lowest BCUT2D eigenvalue weighted by molar-refractivity contribution is 0.155. The van der Waals surface area contributed by atoms with Crippen LogP contribution in [-0.2, 0) is 11.3 Å². The average molecular weight is 388 g/mol. The maximum absolute atomic E-state index is 11.7. The van der Waals surface area contributed by atoms with Crippen LogP contribution in [0.5, 0.6) is 0 Å². The van der Waals surface area contributed by atoms with E-state index in [-0.39, 0.29) is 6.61 Å². The van der Waals surface area contributed by atoms with Gasteiger partial charge in [-0.2, -0.15) is 0 Å². The molecule has 0 saturated carbocycles. The molecule has 0 aromatic heterocycles. The van der Waals surface area contributed by atoms with Crippen molar-refractivity contribution in [2.45, 2.75) is 6.61 Å². The van der Waals surface area contributed by atoms with Crippen molar-refractivity contribution in [3.05, 3.63) is 62.7 Å². The summed E-state index contributed by atoms with van der Waals surface area (Å²) in [6.45, 7) is 0.247. The third-order valence-electron chi connectivity index (χ3n) is 2.38. The van der Waals surface area contributed by atoms with Gasteiger partial charge in [0, 0.05) is 8.59 Å². The molecule has 98 valence electrons. The molecule has 1 amide bonds. The summed E-state index contributed by atoms with van der Waals surface area (Å²) in [5.41, 5.74) is 1.63. The third-order valence-corrected chi connectivity index (χ3v) is 3.51. The number of amides is 1. The SMILES string of the molecule is O=C(Nc1ccc(Cl)cc1I)OCc1ccccc1. The summed E-state index contributed by atoms with van der Waals surface area (Å²) in [5, 5.41) is 3.31. The highest BCUT2D eigenvalue weighted by molar-refractivity contribution is 14.1. The number of hydrogen-bond donors (Lipinski definition) is 1. The highest BCUT2D eigenvalue weighted by atomic mass is 127. The van der Waals surface area contributed by atoms with E-state index in [0.29, 0.717) is 10.7 Å². The molecule has 2 aromatic rings. The lowest BCUT2D eigenvalue weighted by Gasteiger charge is -2.08. The number of benzene rings is 2. The topological polar surface area (TPSA) is 38.3 Å². The number of carbonyl (C=O) groups is 1. The fourth-order valence-electron chi connectivity index (χ4n) is 1.46. The van der Waals surface area contributed by atoms with E-state index in [4.69, 9.17) is 16.3 Å². The van der Waals surface area contributed by atoms with E-state index in [9.17, 15) is 4.79 Å². The Morgan fingerprint density at radius 2 is 1.95 bits per heavy atom. The molecule has 0 fully saturated rings. The van der Waals surface area contributed by atoms with E-state index >= 15 is 0 Å². The van der Waals surface area contributed by atoms with Gasteiger partial charge in [-0.3, -0.25) is 5.32 Å². The fraction of sp³-hybridized carbons (Fsp3) is 0.0714. The van der Waals surface area contributed by atoms with Crippen molar-refractivity contribution in [3.8, 4) is 0 Å². The van der Waals surface area contributed by atoms with Gasteiger partial charge in [0.25, 0.3) is 0 Å². The van der Waals surface area contributed by atoms with Crippen LogP contribution in [0.4, 0.5) is 10.5 Å². The quantitative estimate of drug-likeness (QED) is 0.776. The summed E-state index contributed by atoms with van der Waals surface area (Å²) in [6.07, 6.45) is -0.482. The predicted molar refractivity (Wildman–Crippen MR) is 84.4 cm³/mol. The van der Waals surface area contributed by atoms with Crippen LogP contribution in [0.2, 0.25) is 5.02 Å². The first-order chi connectivity index (χ1) is 9.15. The zero-order valence-corrected chi connectivity index (χ0v) is 12.8. The summed E-state index contributed by atoms with van der Waals surface area (Å²) >= 11 is 7.95. The molecule has 0 atom stereocenters. The molecule has 0 spiro atoms. The van der Waals surface area contributed by atoms with E-state index in [1.807, 2.05) is 30.3 Å². The standard InChI is InChI=1S/C14H11ClINO2/c15-11-6-7-13(12(16)8-11)17-14(18)19-9-10-4-2-1-3-5-10/h1-8H,9H2,(H,17,18). The highest BCUT2D eigenvalue weighted by Gasteiger charge is 2.07. The molecule has 2 rings (SSSR count). The molecule has 0 heterocycles. The summed E-state index contributed by atoms with van der Waals surface area (Å²) in [5.74, 6) is 0. The van der Waals surface area contributed by atoms with Crippen LogP contribution in [-0.4, -0.2) is 6.09 Å². The van der Waals surface area contributed by atoms with Gasteiger partial charge < -0.3 is 4.74 Å². The van der Waals surface area contributed by atoms with Crippen molar-refractivity contribution in [1.29, 1.82) is 0 Å². The number of carbonyl (C=O) groups excluding carboxylic acids is 1. The Kier molecular flexibility index (Phi) is 5.04. The Balaban J connectivity index is 1.91. The van der Waals surface area contributed by atoms with E-state index in [1.165, 1.54) is 0 Å². The van der Waals surface area contributed by atoms with Crippen LogP contribution in [0.1, 0.15) is 5.56 Å². The van der Waals surface area contributed by atoms with Crippen molar-refractivity contribution in [2.75, 3.05) is 5.32 Å². The third kappa shape index (κ3) is 4.40. The first-order valence-electron chi connectivity index (χ1n) is 5.58. The number of rotatable bonds is 3. The molecule has 0 radical (unpaired) electrons. The zero-order valence-electron chi connectivity index (χ0n) is 9.90. The average Bonchev–Trinajstić information content (AvgIpc) is 2.41. The second-order valence-corrected chi connectivity index (χ2v) is 5.41. The molecule has 0 aliphatic heterocycles. The van der Waals surface area contributed by atoms with Gasteiger partial charge in [-0.15, -0.1) is 0 Å². The van der Waals surface area contributed by atoms with Gasteiger partial charge in [-0.05, 0) is 46.4 Å². The molecule has 0 unspecified atom stereocenters. The summed E-state index contributed by atoms with van der Waals surface area (Å²) < 4.78 is 5.99. The number of ether oxygens (including phenoxy) is 1. The van der Waals surface area contributed by atoms with E-state index in [2.05, 4.69) is 27.9 Å². The Morgan fingerprint density at radius 3 is 2.63 bits per heavy atom. The largest absolute Gasteiger partial charge is 0.444 e. The second-order valence-electron chi connectivity index (χ2n) is 3.81. The van der Waals surface area contributed by atoms with Gasteiger partial charge in [0.2, 0.25) is 0 Å². The zero-order chi connectivity index (χ0) is 13.7. The maximum Gasteiger partial charge on any atom is 0.411 e. The molecule has 0 bridgehead atoms. The molecule has 5 heteroatoms. The van der Waals surface area contributed by atoms with Gasteiger partial charge >= 0.3 is 6.09 Å². The molecule has 1 N–H and O–H groups in total. The summed E-state index contributed by atoms with van der Waals surface area (Å²) in [6, 6.07) is 14.8. The van der Waals surface area contributed by atoms with Gasteiger partial charge in [-0.25, -0.2) is 4.79 Å². The lowest BCUT2D eigenvalue weighted by atomic mass is 10.2. The van der Waals surface area contributed by atoms with Crippen molar-refractivity contribution >= 4 is 46.0 Å². The first kappa shape index (κ1) is 14.1. The minimum Gasteiger partial charge on any atom is -0.444 e. The van der Waals surface area contributed by atoms with Gasteiger partial charge in [0.1, 0.15) is 6.61 Å². The number of halogens is 2. The van der Waals surface area contributed by atoms with Crippen LogP contribution in [0, 0.1) is 3.57 Å². The Bertz CT molecular complexity index is 575. The minimum atomic E-state index is -0.482. The molecule has 2 aromatic carbocycles. The van der Waals surface area contributed by atoms with Gasteiger partial charge in [0.05, 0.1) is 5.69 Å². The smallest absolute Gasteiger partial charge is 0.411 e. The summed E-state index contributed by atoms with van der Waals surface area (Å²) in [4.78, 5) is 11.7. The first-order valence-corrected chi connectivity index (χ1v) is 7.03. The van der Waals surface area contributed by atoms with Crippen LogP contribution >= 0.6 is 34.2 Å². The Labute approximate surface area is 130 Å². The van der Waals surface area contributed by atoms with Crippen LogP contribution < -0.4 is 5.32 Å². The summed E-state index contributed by atoms with van der Waals surface area (Å²) in [7, 11) is 0. The lowest BCUT2D eigenvalue weighted by Crippen LogP contribution is -2.14. The van der Waals surface area contributed by atoms with E-state index in [0.717, 1.165) is 9.13 Å². The normalized spacial score (nSPS) is 10.0. The van der Waals surface area contributed by atoms with Crippen molar-refractivity contribution < 1.29 is 9.53 Å². The Hall–Kier alpha value is -1.27. The van der Waals surface area contributed by atoms with Crippen LogP contribution in [0.15, 0.2) is 48.5 Å². The highest BCUT2D eigenvalue weighted by Crippen LogP contribution is 2.22. The van der Waals surface area contributed by atoms with E-state index in [1.54, 1.807) is 18.2 Å². The monoisotopic (exact) mass is 387 g/mol. The molecular weight excluding hydrogens is 377 g/mol. The molecule has 19 heavy (non-hydrogen) atoms. The van der Waals surface area contributed by atoms with Crippen molar-refractivity contribution in [3.63, 3.8) is 0 Å². The second kappa shape index (κ2) is 6.77. The Morgan fingerprint density at radius 1 is 1.21 bits per heavy atom. The van der Waals surface area contributed by atoms with Gasteiger partial charge in [0.15, 0.2) is 0 Å². The van der Waals surface area contributed by atoms with E-state index < -0.39 is 6.09 Å². The fourth-order valence-corrected chi connectivity index (χ4v) is 2.47. The molecule has 0 aliphatic carbocycles.